The van der Waals surface area contributed by atoms with Gasteiger partial charge in [-0.2, -0.15) is 0 Å². The molecule has 0 bridgehead atoms. The van der Waals surface area contributed by atoms with Crippen molar-refractivity contribution in [2.24, 2.45) is 0 Å². The third-order valence-electron chi connectivity index (χ3n) is 2.29. The standard InChI is InChI=1S/C13H11Br2NO/c1-9-2-4-12(8-16-9)17-11-5-3-10(7-14)13(15)6-11/h2-6,8H,7H2,1H3. The van der Waals surface area contributed by atoms with Crippen molar-refractivity contribution >= 4 is 31.9 Å². The summed E-state index contributed by atoms with van der Waals surface area (Å²) in [5.41, 5.74) is 2.17. The predicted molar refractivity (Wildman–Crippen MR) is 75.8 cm³/mol. The van der Waals surface area contributed by atoms with E-state index in [1.807, 2.05) is 37.3 Å². The first-order valence-corrected chi connectivity index (χ1v) is 7.05. The Labute approximate surface area is 117 Å². The van der Waals surface area contributed by atoms with Crippen LogP contribution in [0.25, 0.3) is 0 Å². The lowest BCUT2D eigenvalue weighted by Crippen LogP contribution is -1.88. The number of benzene rings is 1. The monoisotopic (exact) mass is 355 g/mol. The normalized spacial score (nSPS) is 10.3. The minimum Gasteiger partial charge on any atom is -0.456 e. The Hall–Kier alpha value is -0.870. The average molecular weight is 357 g/mol. The van der Waals surface area contributed by atoms with E-state index in [1.54, 1.807) is 6.20 Å². The van der Waals surface area contributed by atoms with Gasteiger partial charge in [0.05, 0.1) is 6.20 Å². The fourth-order valence-electron chi connectivity index (χ4n) is 1.35. The van der Waals surface area contributed by atoms with Crippen molar-refractivity contribution in [1.29, 1.82) is 0 Å². The molecule has 2 rings (SSSR count). The summed E-state index contributed by atoms with van der Waals surface area (Å²) in [6, 6.07) is 9.76. The highest BCUT2D eigenvalue weighted by atomic mass is 79.9. The van der Waals surface area contributed by atoms with Gasteiger partial charge in [0.25, 0.3) is 0 Å². The van der Waals surface area contributed by atoms with Crippen LogP contribution in [0.5, 0.6) is 11.5 Å². The van der Waals surface area contributed by atoms with Crippen LogP contribution < -0.4 is 4.74 Å². The fraction of sp³-hybridized carbons (Fsp3) is 0.154. The van der Waals surface area contributed by atoms with E-state index in [2.05, 4.69) is 36.8 Å². The fourth-order valence-corrected chi connectivity index (χ4v) is 2.71. The lowest BCUT2D eigenvalue weighted by molar-refractivity contribution is 0.479. The molecule has 4 heteroatoms. The first-order chi connectivity index (χ1) is 8.19. The number of alkyl halides is 1. The molecule has 0 atom stereocenters. The molecule has 0 N–H and O–H groups in total. The van der Waals surface area contributed by atoms with Crippen LogP contribution in [-0.2, 0) is 5.33 Å². The molecule has 1 heterocycles. The Balaban J connectivity index is 2.19. The van der Waals surface area contributed by atoms with Crippen molar-refractivity contribution < 1.29 is 4.74 Å². The van der Waals surface area contributed by atoms with E-state index in [4.69, 9.17) is 4.74 Å². The van der Waals surface area contributed by atoms with E-state index >= 15 is 0 Å². The van der Waals surface area contributed by atoms with Gasteiger partial charge in [0.1, 0.15) is 11.5 Å². The molecule has 0 aliphatic rings. The minimum atomic E-state index is 0.745. The second-order valence-corrected chi connectivity index (χ2v) is 5.04. The summed E-state index contributed by atoms with van der Waals surface area (Å²) in [4.78, 5) is 4.19. The number of hydrogen-bond donors (Lipinski definition) is 0. The van der Waals surface area contributed by atoms with Crippen LogP contribution in [0.2, 0.25) is 0 Å². The molecule has 0 radical (unpaired) electrons. The van der Waals surface area contributed by atoms with Gasteiger partial charge >= 0.3 is 0 Å². The van der Waals surface area contributed by atoms with E-state index in [9.17, 15) is 0 Å². The number of pyridine rings is 1. The van der Waals surface area contributed by atoms with E-state index in [-0.39, 0.29) is 0 Å². The van der Waals surface area contributed by atoms with Gasteiger partial charge in [-0.05, 0) is 36.8 Å². The first-order valence-electron chi connectivity index (χ1n) is 5.14. The van der Waals surface area contributed by atoms with E-state index in [1.165, 1.54) is 5.56 Å². The Kier molecular flexibility index (Phi) is 4.18. The quantitative estimate of drug-likeness (QED) is 0.734. The van der Waals surface area contributed by atoms with Crippen molar-refractivity contribution in [2.75, 3.05) is 0 Å². The molecule has 17 heavy (non-hydrogen) atoms. The van der Waals surface area contributed by atoms with Crippen LogP contribution >= 0.6 is 31.9 Å². The lowest BCUT2D eigenvalue weighted by atomic mass is 10.2. The molecule has 0 aliphatic carbocycles. The van der Waals surface area contributed by atoms with Crippen LogP contribution in [-0.4, -0.2) is 4.98 Å². The highest BCUT2D eigenvalue weighted by Crippen LogP contribution is 2.27. The van der Waals surface area contributed by atoms with E-state index < -0.39 is 0 Å². The Bertz CT molecular complexity index is 511. The van der Waals surface area contributed by atoms with Gasteiger partial charge in [0, 0.05) is 15.5 Å². The molecule has 0 unspecified atom stereocenters. The lowest BCUT2D eigenvalue weighted by Gasteiger charge is -2.07. The van der Waals surface area contributed by atoms with Crippen LogP contribution in [0, 0.1) is 6.92 Å². The van der Waals surface area contributed by atoms with Crippen molar-refractivity contribution in [2.45, 2.75) is 12.3 Å². The maximum atomic E-state index is 5.71. The zero-order valence-electron chi connectivity index (χ0n) is 9.28. The van der Waals surface area contributed by atoms with Crippen molar-refractivity contribution in [3.05, 3.63) is 52.3 Å². The van der Waals surface area contributed by atoms with Crippen LogP contribution in [0.1, 0.15) is 11.3 Å². The van der Waals surface area contributed by atoms with Gasteiger partial charge in [-0.3, -0.25) is 4.98 Å². The molecule has 2 aromatic rings. The first kappa shape index (κ1) is 12.6. The summed E-state index contributed by atoms with van der Waals surface area (Å²) in [5.74, 6) is 1.54. The third-order valence-corrected chi connectivity index (χ3v) is 3.63. The van der Waals surface area contributed by atoms with Crippen LogP contribution in [0.15, 0.2) is 41.0 Å². The van der Waals surface area contributed by atoms with Crippen molar-refractivity contribution in [1.82, 2.24) is 4.98 Å². The van der Waals surface area contributed by atoms with E-state index in [0.29, 0.717) is 0 Å². The van der Waals surface area contributed by atoms with Gasteiger partial charge < -0.3 is 4.74 Å². The number of rotatable bonds is 3. The number of nitrogens with zero attached hydrogens (tertiary/aromatic N) is 1. The van der Waals surface area contributed by atoms with Crippen molar-refractivity contribution in [3.63, 3.8) is 0 Å². The third kappa shape index (κ3) is 3.30. The highest BCUT2D eigenvalue weighted by Gasteiger charge is 2.02. The molecular formula is C13H11Br2NO. The number of aryl methyl sites for hydroxylation is 1. The smallest absolute Gasteiger partial charge is 0.145 e. The average Bonchev–Trinajstić information content (AvgIpc) is 2.32. The molecule has 0 saturated heterocycles. The largest absolute Gasteiger partial charge is 0.456 e. The van der Waals surface area contributed by atoms with Gasteiger partial charge in [-0.1, -0.05) is 37.9 Å². The Morgan fingerprint density at radius 1 is 1.18 bits per heavy atom. The molecule has 0 spiro atoms. The zero-order chi connectivity index (χ0) is 12.3. The maximum Gasteiger partial charge on any atom is 0.145 e. The van der Waals surface area contributed by atoms with Crippen LogP contribution in [0.3, 0.4) is 0 Å². The van der Waals surface area contributed by atoms with Gasteiger partial charge in [-0.25, -0.2) is 0 Å². The molecule has 0 amide bonds. The van der Waals surface area contributed by atoms with Gasteiger partial charge in [-0.15, -0.1) is 0 Å². The topological polar surface area (TPSA) is 22.1 Å². The molecule has 1 aromatic heterocycles. The van der Waals surface area contributed by atoms with Gasteiger partial charge in [0.2, 0.25) is 0 Å². The summed E-state index contributed by atoms with van der Waals surface area (Å²) in [6.07, 6.45) is 1.72. The van der Waals surface area contributed by atoms with E-state index in [0.717, 1.165) is 27.0 Å². The van der Waals surface area contributed by atoms with Crippen LogP contribution in [0.4, 0.5) is 0 Å². The number of aromatic nitrogens is 1. The molecule has 2 nitrogen and oxygen atoms in total. The SMILES string of the molecule is Cc1ccc(Oc2ccc(CBr)c(Br)c2)cn1. The van der Waals surface area contributed by atoms with Crippen molar-refractivity contribution in [3.8, 4) is 11.5 Å². The predicted octanol–water partition coefficient (Wildman–Crippen LogP) is 4.84. The summed E-state index contributed by atoms with van der Waals surface area (Å²) >= 11 is 6.93. The molecule has 0 aliphatic heterocycles. The maximum absolute atomic E-state index is 5.71. The summed E-state index contributed by atoms with van der Waals surface area (Å²) in [5, 5.41) is 0.819. The second-order valence-electron chi connectivity index (χ2n) is 3.62. The summed E-state index contributed by atoms with van der Waals surface area (Å²) in [7, 11) is 0. The minimum absolute atomic E-state index is 0.745. The second kappa shape index (κ2) is 5.65. The summed E-state index contributed by atoms with van der Waals surface area (Å²) in [6.45, 7) is 1.95. The summed E-state index contributed by atoms with van der Waals surface area (Å²) < 4.78 is 6.74. The van der Waals surface area contributed by atoms with Gasteiger partial charge in [0.15, 0.2) is 0 Å². The molecule has 88 valence electrons. The molecule has 0 saturated carbocycles. The molecule has 0 fully saturated rings. The number of hydrogen-bond acceptors (Lipinski definition) is 2. The highest BCUT2D eigenvalue weighted by molar-refractivity contribution is 9.10. The Morgan fingerprint density at radius 2 is 1.94 bits per heavy atom. The Morgan fingerprint density at radius 3 is 2.53 bits per heavy atom. The number of ether oxygens (including phenoxy) is 1. The number of halogens is 2. The molecule has 1 aromatic carbocycles. The zero-order valence-corrected chi connectivity index (χ0v) is 12.5. The molecular weight excluding hydrogens is 346 g/mol.